The van der Waals surface area contributed by atoms with Crippen molar-refractivity contribution >= 4 is 33.5 Å². The minimum atomic E-state index is -0.454. The van der Waals surface area contributed by atoms with Gasteiger partial charge in [0.15, 0.2) is 0 Å². The van der Waals surface area contributed by atoms with E-state index >= 15 is 0 Å². The second kappa shape index (κ2) is 6.79. The summed E-state index contributed by atoms with van der Waals surface area (Å²) < 4.78 is 5.86. The Morgan fingerprint density at radius 1 is 1.32 bits per heavy atom. The third-order valence-corrected chi connectivity index (χ3v) is 3.72. The maximum atomic E-state index is 12.5. The van der Waals surface area contributed by atoms with E-state index in [1.54, 1.807) is 26.8 Å². The van der Waals surface area contributed by atoms with Crippen molar-refractivity contribution in [3.05, 3.63) is 51.3 Å². The molecule has 0 unspecified atom stereocenters. The van der Waals surface area contributed by atoms with Crippen LogP contribution in [0.15, 0.2) is 28.7 Å². The predicted molar refractivity (Wildman–Crippen MR) is 88.3 cm³/mol. The van der Waals surface area contributed by atoms with E-state index in [9.17, 15) is 9.59 Å². The van der Waals surface area contributed by atoms with Crippen molar-refractivity contribution in [3.63, 3.8) is 0 Å². The zero-order valence-corrected chi connectivity index (χ0v) is 14.2. The van der Waals surface area contributed by atoms with E-state index < -0.39 is 5.97 Å². The molecular weight excluding hydrogens is 348 g/mol. The number of ether oxygens (including phenoxy) is 1. The summed E-state index contributed by atoms with van der Waals surface area (Å²) in [6, 6.07) is 7.32. The van der Waals surface area contributed by atoms with Gasteiger partial charge in [0.05, 0.1) is 12.2 Å². The topological polar surface area (TPSA) is 71.2 Å². The molecule has 1 heterocycles. The second-order valence-corrected chi connectivity index (χ2v) is 5.73. The molecule has 2 rings (SSSR count). The first-order valence-corrected chi connectivity index (χ1v) is 7.66. The van der Waals surface area contributed by atoms with Crippen LogP contribution in [0.25, 0.3) is 0 Å². The van der Waals surface area contributed by atoms with Gasteiger partial charge in [-0.3, -0.25) is 4.79 Å². The first-order chi connectivity index (χ1) is 10.4. The number of amides is 1. The van der Waals surface area contributed by atoms with Crippen molar-refractivity contribution in [2.45, 2.75) is 20.8 Å². The Bertz CT molecular complexity index is 722. The molecule has 1 aromatic carbocycles. The average Bonchev–Trinajstić information content (AvgIpc) is 2.74. The molecule has 0 aliphatic rings. The number of aryl methyl sites for hydroxylation is 1. The molecule has 0 radical (unpaired) electrons. The van der Waals surface area contributed by atoms with Crippen LogP contribution in [0.1, 0.15) is 39.0 Å². The standard InChI is InChI=1S/C16H17BrN2O3/c1-4-22-16(21)14-9(2)13(10(3)18-14)15(20)19-12-7-5-6-11(17)8-12/h5-8,18H,4H2,1-3H3,(H,19,20). The van der Waals surface area contributed by atoms with Crippen molar-refractivity contribution in [1.29, 1.82) is 0 Å². The lowest BCUT2D eigenvalue weighted by Gasteiger charge is -2.06. The number of halogens is 1. The Hall–Kier alpha value is -2.08. The van der Waals surface area contributed by atoms with Gasteiger partial charge in [0.2, 0.25) is 0 Å². The van der Waals surface area contributed by atoms with E-state index in [2.05, 4.69) is 26.2 Å². The number of carbonyl (C=O) groups excluding carboxylic acids is 2. The molecule has 1 amide bonds. The number of anilines is 1. The maximum Gasteiger partial charge on any atom is 0.355 e. The monoisotopic (exact) mass is 364 g/mol. The molecule has 0 spiro atoms. The number of benzene rings is 1. The van der Waals surface area contributed by atoms with Gasteiger partial charge in [-0.05, 0) is 44.5 Å². The number of aromatic nitrogens is 1. The fraction of sp³-hybridized carbons (Fsp3) is 0.250. The van der Waals surface area contributed by atoms with E-state index in [0.717, 1.165) is 4.47 Å². The summed E-state index contributed by atoms with van der Waals surface area (Å²) in [4.78, 5) is 27.3. The molecule has 116 valence electrons. The Morgan fingerprint density at radius 2 is 2.05 bits per heavy atom. The average molecular weight is 365 g/mol. The molecular formula is C16H17BrN2O3. The largest absolute Gasteiger partial charge is 0.461 e. The van der Waals surface area contributed by atoms with Crippen LogP contribution in [0.3, 0.4) is 0 Å². The lowest BCUT2D eigenvalue weighted by atomic mass is 10.1. The van der Waals surface area contributed by atoms with E-state index in [-0.39, 0.29) is 12.5 Å². The van der Waals surface area contributed by atoms with E-state index in [1.807, 2.05) is 18.2 Å². The molecule has 0 bridgehead atoms. The van der Waals surface area contributed by atoms with Gasteiger partial charge in [0, 0.05) is 15.9 Å². The summed E-state index contributed by atoms with van der Waals surface area (Å²) in [6.45, 7) is 5.51. The number of carbonyl (C=O) groups is 2. The molecule has 0 atom stereocenters. The van der Waals surface area contributed by atoms with Crippen LogP contribution in [0.2, 0.25) is 0 Å². The van der Waals surface area contributed by atoms with Crippen LogP contribution >= 0.6 is 15.9 Å². The summed E-state index contributed by atoms with van der Waals surface area (Å²) in [5.41, 5.74) is 2.68. The van der Waals surface area contributed by atoms with E-state index in [1.165, 1.54) is 0 Å². The Morgan fingerprint density at radius 3 is 2.68 bits per heavy atom. The number of H-pyrrole nitrogens is 1. The van der Waals surface area contributed by atoms with Crippen LogP contribution in [-0.2, 0) is 4.74 Å². The molecule has 0 saturated heterocycles. The number of aromatic amines is 1. The lowest BCUT2D eigenvalue weighted by Crippen LogP contribution is -2.14. The third kappa shape index (κ3) is 3.39. The number of hydrogen-bond acceptors (Lipinski definition) is 3. The van der Waals surface area contributed by atoms with Crippen LogP contribution in [0, 0.1) is 13.8 Å². The SMILES string of the molecule is CCOC(=O)c1[nH]c(C)c(C(=O)Nc2cccc(Br)c2)c1C. The number of nitrogens with one attached hydrogen (secondary N) is 2. The van der Waals surface area contributed by atoms with Crippen molar-refractivity contribution < 1.29 is 14.3 Å². The fourth-order valence-corrected chi connectivity index (χ4v) is 2.66. The quantitative estimate of drug-likeness (QED) is 0.810. The molecule has 0 saturated carbocycles. The predicted octanol–water partition coefficient (Wildman–Crippen LogP) is 3.82. The smallest absolute Gasteiger partial charge is 0.355 e. The second-order valence-electron chi connectivity index (χ2n) is 4.81. The Balaban J connectivity index is 2.28. The number of esters is 1. The van der Waals surface area contributed by atoms with Crippen molar-refractivity contribution in [2.75, 3.05) is 11.9 Å². The molecule has 0 fully saturated rings. The minimum absolute atomic E-state index is 0.264. The minimum Gasteiger partial charge on any atom is -0.461 e. The van der Waals surface area contributed by atoms with E-state index in [0.29, 0.717) is 28.2 Å². The first kappa shape index (κ1) is 16.3. The molecule has 1 aromatic heterocycles. The Kier molecular flexibility index (Phi) is 5.03. The lowest BCUT2D eigenvalue weighted by molar-refractivity contribution is 0.0519. The van der Waals surface area contributed by atoms with Crippen molar-refractivity contribution in [2.24, 2.45) is 0 Å². The summed E-state index contributed by atoms with van der Waals surface area (Å²) in [5.74, 6) is -0.718. The Labute approximate surface area is 137 Å². The van der Waals surface area contributed by atoms with Gasteiger partial charge in [-0.2, -0.15) is 0 Å². The third-order valence-electron chi connectivity index (χ3n) is 3.23. The summed E-state index contributed by atoms with van der Waals surface area (Å²) in [5, 5.41) is 2.82. The zero-order chi connectivity index (χ0) is 16.3. The first-order valence-electron chi connectivity index (χ1n) is 6.87. The molecule has 0 aliphatic heterocycles. The molecule has 22 heavy (non-hydrogen) atoms. The normalized spacial score (nSPS) is 10.4. The maximum absolute atomic E-state index is 12.5. The molecule has 0 aliphatic carbocycles. The van der Waals surface area contributed by atoms with E-state index in [4.69, 9.17) is 4.74 Å². The number of hydrogen-bond donors (Lipinski definition) is 2. The van der Waals surface area contributed by atoms with Crippen LogP contribution < -0.4 is 5.32 Å². The number of rotatable bonds is 4. The van der Waals surface area contributed by atoms with Gasteiger partial charge in [-0.1, -0.05) is 22.0 Å². The van der Waals surface area contributed by atoms with Crippen molar-refractivity contribution in [3.8, 4) is 0 Å². The molecule has 6 heteroatoms. The van der Waals surface area contributed by atoms with Gasteiger partial charge in [-0.25, -0.2) is 4.79 Å². The summed E-state index contributed by atoms with van der Waals surface area (Å²) in [7, 11) is 0. The molecule has 5 nitrogen and oxygen atoms in total. The van der Waals surface area contributed by atoms with Crippen LogP contribution in [-0.4, -0.2) is 23.5 Å². The van der Waals surface area contributed by atoms with Gasteiger partial charge in [-0.15, -0.1) is 0 Å². The highest BCUT2D eigenvalue weighted by atomic mass is 79.9. The highest BCUT2D eigenvalue weighted by Gasteiger charge is 2.22. The highest BCUT2D eigenvalue weighted by Crippen LogP contribution is 2.21. The van der Waals surface area contributed by atoms with Gasteiger partial charge in [0.25, 0.3) is 5.91 Å². The van der Waals surface area contributed by atoms with Gasteiger partial charge in [0.1, 0.15) is 5.69 Å². The van der Waals surface area contributed by atoms with Crippen molar-refractivity contribution in [1.82, 2.24) is 4.98 Å². The zero-order valence-electron chi connectivity index (χ0n) is 12.6. The highest BCUT2D eigenvalue weighted by molar-refractivity contribution is 9.10. The van der Waals surface area contributed by atoms with Gasteiger partial charge >= 0.3 is 5.97 Å². The van der Waals surface area contributed by atoms with Gasteiger partial charge < -0.3 is 15.0 Å². The fourth-order valence-electron chi connectivity index (χ4n) is 2.26. The molecule has 2 N–H and O–H groups in total. The summed E-state index contributed by atoms with van der Waals surface area (Å²) >= 11 is 3.36. The van der Waals surface area contributed by atoms with Crippen LogP contribution in [0.5, 0.6) is 0 Å². The summed E-state index contributed by atoms with van der Waals surface area (Å²) in [6.07, 6.45) is 0. The van der Waals surface area contributed by atoms with Crippen LogP contribution in [0.4, 0.5) is 5.69 Å². The molecule has 2 aromatic rings.